The van der Waals surface area contributed by atoms with E-state index in [9.17, 15) is 4.79 Å². The highest BCUT2D eigenvalue weighted by Crippen LogP contribution is 2.26. The van der Waals surface area contributed by atoms with Crippen molar-refractivity contribution in [2.45, 2.75) is 26.4 Å². The van der Waals surface area contributed by atoms with Gasteiger partial charge < -0.3 is 4.90 Å². The number of halogens is 1. The third-order valence-electron chi connectivity index (χ3n) is 5.23. The lowest BCUT2D eigenvalue weighted by molar-refractivity contribution is -0.130. The van der Waals surface area contributed by atoms with Crippen molar-refractivity contribution < 1.29 is 4.79 Å². The van der Waals surface area contributed by atoms with Gasteiger partial charge in [0.15, 0.2) is 0 Å². The average Bonchev–Trinajstić information content (AvgIpc) is 2.90. The molecule has 1 amide bonds. The molecule has 23 heavy (non-hydrogen) atoms. The zero-order valence-electron chi connectivity index (χ0n) is 14.0. The Labute approximate surface area is 144 Å². The molecule has 2 heterocycles. The Hall–Kier alpha value is -1.10. The molecule has 0 bridgehead atoms. The molecule has 5 heteroatoms. The van der Waals surface area contributed by atoms with Gasteiger partial charge in [-0.1, -0.05) is 36.7 Å². The van der Waals surface area contributed by atoms with Crippen LogP contribution in [0.25, 0.3) is 0 Å². The number of hydrogen-bond acceptors (Lipinski definition) is 3. The maximum Gasteiger partial charge on any atom is 0.219 e. The summed E-state index contributed by atoms with van der Waals surface area (Å²) in [5.41, 5.74) is 1.21. The zero-order chi connectivity index (χ0) is 16.4. The third kappa shape index (κ3) is 3.87. The Morgan fingerprint density at radius 2 is 1.87 bits per heavy atom. The molecule has 2 aliphatic heterocycles. The molecule has 3 rings (SSSR count). The number of benzene rings is 1. The number of carbonyl (C=O) groups excluding carboxylic acids is 1. The number of amides is 1. The van der Waals surface area contributed by atoms with Gasteiger partial charge in [0, 0.05) is 63.8 Å². The lowest BCUT2D eigenvalue weighted by Gasteiger charge is -2.39. The summed E-state index contributed by atoms with van der Waals surface area (Å²) in [5, 5.41) is 0.860. The Morgan fingerprint density at radius 3 is 2.52 bits per heavy atom. The monoisotopic (exact) mass is 335 g/mol. The van der Waals surface area contributed by atoms with Gasteiger partial charge in [-0.05, 0) is 17.5 Å². The van der Waals surface area contributed by atoms with E-state index in [0.29, 0.717) is 12.0 Å². The first-order chi connectivity index (χ1) is 11.0. The molecular weight excluding hydrogens is 310 g/mol. The summed E-state index contributed by atoms with van der Waals surface area (Å²) < 4.78 is 0. The molecule has 4 nitrogen and oxygen atoms in total. The molecule has 0 saturated carbocycles. The second kappa shape index (κ2) is 7.20. The molecule has 1 aromatic carbocycles. The van der Waals surface area contributed by atoms with E-state index in [-0.39, 0.29) is 5.91 Å². The van der Waals surface area contributed by atoms with Crippen molar-refractivity contribution in [1.82, 2.24) is 14.7 Å². The number of rotatable bonds is 3. The second-order valence-electron chi connectivity index (χ2n) is 6.87. The van der Waals surface area contributed by atoms with Crippen LogP contribution < -0.4 is 0 Å². The van der Waals surface area contributed by atoms with Crippen molar-refractivity contribution >= 4 is 17.5 Å². The first kappa shape index (κ1) is 16.7. The molecule has 0 radical (unpaired) electrons. The minimum Gasteiger partial charge on any atom is -0.340 e. The van der Waals surface area contributed by atoms with E-state index in [1.165, 1.54) is 5.56 Å². The second-order valence-corrected chi connectivity index (χ2v) is 7.28. The fourth-order valence-corrected chi connectivity index (χ4v) is 4.08. The SMILES string of the molecule is CC(=O)N1CCN([C@@H]2CN(Cc3ccccc3Cl)C[C@H]2C)CC1. The highest BCUT2D eigenvalue weighted by atomic mass is 35.5. The Morgan fingerprint density at radius 1 is 1.17 bits per heavy atom. The van der Waals surface area contributed by atoms with Gasteiger partial charge >= 0.3 is 0 Å². The summed E-state index contributed by atoms with van der Waals surface area (Å²) in [6, 6.07) is 8.71. The van der Waals surface area contributed by atoms with Crippen molar-refractivity contribution in [3.8, 4) is 0 Å². The minimum atomic E-state index is 0.199. The van der Waals surface area contributed by atoms with E-state index in [1.807, 2.05) is 17.0 Å². The topological polar surface area (TPSA) is 26.8 Å². The third-order valence-corrected chi connectivity index (χ3v) is 5.60. The fraction of sp³-hybridized carbons (Fsp3) is 0.611. The minimum absolute atomic E-state index is 0.199. The molecule has 0 aromatic heterocycles. The van der Waals surface area contributed by atoms with E-state index in [2.05, 4.69) is 28.9 Å². The van der Waals surface area contributed by atoms with Crippen LogP contribution in [0.4, 0.5) is 0 Å². The van der Waals surface area contributed by atoms with Crippen molar-refractivity contribution in [3.05, 3.63) is 34.9 Å². The molecule has 2 fully saturated rings. The first-order valence-corrected chi connectivity index (χ1v) is 8.87. The fourth-order valence-electron chi connectivity index (χ4n) is 3.89. The summed E-state index contributed by atoms with van der Waals surface area (Å²) in [5.74, 6) is 0.853. The van der Waals surface area contributed by atoms with Crippen LogP contribution >= 0.6 is 11.6 Å². The Balaban J connectivity index is 1.57. The van der Waals surface area contributed by atoms with Crippen LogP contribution in [-0.4, -0.2) is 65.9 Å². The lowest BCUT2D eigenvalue weighted by Crippen LogP contribution is -2.53. The molecule has 0 unspecified atom stereocenters. The van der Waals surface area contributed by atoms with Gasteiger partial charge in [-0.2, -0.15) is 0 Å². The lowest BCUT2D eigenvalue weighted by atomic mass is 10.0. The van der Waals surface area contributed by atoms with Gasteiger partial charge in [0.05, 0.1) is 0 Å². The van der Waals surface area contributed by atoms with E-state index in [1.54, 1.807) is 6.92 Å². The average molecular weight is 336 g/mol. The van der Waals surface area contributed by atoms with Crippen molar-refractivity contribution in [1.29, 1.82) is 0 Å². The number of likely N-dealkylation sites (tertiary alicyclic amines) is 1. The molecular formula is C18H26ClN3O. The first-order valence-electron chi connectivity index (χ1n) is 8.50. The summed E-state index contributed by atoms with van der Waals surface area (Å²) in [6.07, 6.45) is 0. The van der Waals surface area contributed by atoms with Gasteiger partial charge in [-0.25, -0.2) is 0 Å². The van der Waals surface area contributed by atoms with Crippen molar-refractivity contribution in [3.63, 3.8) is 0 Å². The molecule has 0 aliphatic carbocycles. The van der Waals surface area contributed by atoms with Crippen molar-refractivity contribution in [2.24, 2.45) is 5.92 Å². The highest BCUT2D eigenvalue weighted by Gasteiger charge is 2.35. The normalized spacial score (nSPS) is 26.7. The van der Waals surface area contributed by atoms with Gasteiger partial charge in [-0.3, -0.25) is 14.6 Å². The largest absolute Gasteiger partial charge is 0.340 e. The molecule has 126 valence electrons. The van der Waals surface area contributed by atoms with Crippen LogP contribution in [0.2, 0.25) is 5.02 Å². The van der Waals surface area contributed by atoms with E-state index < -0.39 is 0 Å². The standard InChI is InChI=1S/C18H26ClN3O/c1-14-11-20(12-16-5-3-4-6-17(16)19)13-18(14)22-9-7-21(8-10-22)15(2)23/h3-6,14,18H,7-13H2,1-2H3/t14-,18-/m1/s1. The number of carbonyl (C=O) groups is 1. The van der Waals surface area contributed by atoms with Gasteiger partial charge in [-0.15, -0.1) is 0 Å². The van der Waals surface area contributed by atoms with Gasteiger partial charge in [0.1, 0.15) is 0 Å². The van der Waals surface area contributed by atoms with Crippen LogP contribution in [0.1, 0.15) is 19.4 Å². The quantitative estimate of drug-likeness (QED) is 0.848. The summed E-state index contributed by atoms with van der Waals surface area (Å²) in [4.78, 5) is 18.5. The van der Waals surface area contributed by atoms with Crippen molar-refractivity contribution in [2.75, 3.05) is 39.3 Å². The highest BCUT2D eigenvalue weighted by molar-refractivity contribution is 6.31. The number of hydrogen-bond donors (Lipinski definition) is 0. The summed E-state index contributed by atoms with van der Waals surface area (Å²) in [6.45, 7) is 10.9. The van der Waals surface area contributed by atoms with Gasteiger partial charge in [0.2, 0.25) is 5.91 Å². The zero-order valence-corrected chi connectivity index (χ0v) is 14.8. The van der Waals surface area contributed by atoms with E-state index in [4.69, 9.17) is 11.6 Å². The molecule has 2 saturated heterocycles. The Kier molecular flexibility index (Phi) is 5.24. The summed E-state index contributed by atoms with van der Waals surface area (Å²) in [7, 11) is 0. The Bertz CT molecular complexity index is 557. The maximum absolute atomic E-state index is 11.5. The molecule has 0 N–H and O–H groups in total. The predicted molar refractivity (Wildman–Crippen MR) is 93.5 cm³/mol. The number of piperazine rings is 1. The molecule has 2 aliphatic rings. The van der Waals surface area contributed by atoms with Crippen LogP contribution in [0, 0.1) is 5.92 Å². The van der Waals surface area contributed by atoms with Crippen LogP contribution in [-0.2, 0) is 11.3 Å². The summed E-state index contributed by atoms with van der Waals surface area (Å²) >= 11 is 6.30. The van der Waals surface area contributed by atoms with E-state index in [0.717, 1.165) is 50.8 Å². The number of nitrogens with zero attached hydrogens (tertiary/aromatic N) is 3. The smallest absolute Gasteiger partial charge is 0.219 e. The predicted octanol–water partition coefficient (Wildman–Crippen LogP) is 2.32. The van der Waals surface area contributed by atoms with Crippen LogP contribution in [0.3, 0.4) is 0 Å². The van der Waals surface area contributed by atoms with E-state index >= 15 is 0 Å². The molecule has 2 atom stereocenters. The molecule has 1 aromatic rings. The van der Waals surface area contributed by atoms with Crippen LogP contribution in [0.5, 0.6) is 0 Å². The maximum atomic E-state index is 11.5. The molecule has 0 spiro atoms. The van der Waals surface area contributed by atoms with Crippen LogP contribution in [0.15, 0.2) is 24.3 Å². The van der Waals surface area contributed by atoms with Gasteiger partial charge in [0.25, 0.3) is 0 Å².